The van der Waals surface area contributed by atoms with Crippen molar-refractivity contribution in [2.24, 2.45) is 0 Å². The van der Waals surface area contributed by atoms with Crippen LogP contribution in [0, 0.1) is 0 Å². The molecule has 16 heavy (non-hydrogen) atoms. The molecule has 0 fully saturated rings. The summed E-state index contributed by atoms with van der Waals surface area (Å²) in [5.41, 5.74) is 4.43. The molecular formula is C15H26Ca. The molecule has 0 atom stereocenters. The number of benzene rings is 1. The summed E-state index contributed by atoms with van der Waals surface area (Å²) < 4.78 is 0. The molecule has 0 spiro atoms. The quantitative estimate of drug-likeness (QED) is 0.665. The van der Waals surface area contributed by atoms with Crippen LogP contribution in [0.15, 0.2) is 18.2 Å². The van der Waals surface area contributed by atoms with Gasteiger partial charge in [0.05, 0.1) is 0 Å². The van der Waals surface area contributed by atoms with E-state index >= 15 is 0 Å². The molecule has 0 aliphatic heterocycles. The number of hydrogen-bond donors (Lipinski definition) is 0. The van der Waals surface area contributed by atoms with Crippen LogP contribution in [0.2, 0.25) is 0 Å². The van der Waals surface area contributed by atoms with Gasteiger partial charge in [-0.25, -0.2) is 0 Å². The minimum atomic E-state index is 0. The molecule has 0 aliphatic rings. The van der Waals surface area contributed by atoms with Crippen molar-refractivity contribution in [3.05, 3.63) is 34.9 Å². The Hall–Kier alpha value is 0.480. The van der Waals surface area contributed by atoms with Crippen molar-refractivity contribution in [3.63, 3.8) is 0 Å². The SMILES string of the molecule is CC(C)c1cc(C(C)C)cc(C(C)C)c1.[Ca+2].[H-].[H-]. The molecule has 0 saturated carbocycles. The molecular weight excluding hydrogens is 220 g/mol. The molecule has 0 aliphatic carbocycles. The molecule has 0 nitrogen and oxygen atoms in total. The molecule has 1 aromatic carbocycles. The Morgan fingerprint density at radius 3 is 0.938 bits per heavy atom. The zero-order chi connectivity index (χ0) is 11.6. The van der Waals surface area contributed by atoms with Crippen LogP contribution < -0.4 is 0 Å². The second-order valence-electron chi connectivity index (χ2n) is 5.40. The Morgan fingerprint density at radius 2 is 0.812 bits per heavy atom. The zero-order valence-corrected chi connectivity index (χ0v) is 13.9. The molecule has 1 rings (SSSR count). The summed E-state index contributed by atoms with van der Waals surface area (Å²) in [6.45, 7) is 13.6. The van der Waals surface area contributed by atoms with E-state index < -0.39 is 0 Å². The summed E-state index contributed by atoms with van der Waals surface area (Å²) in [6, 6.07) is 7.09. The Balaban J connectivity index is -0.000000750. The first-order valence-corrected chi connectivity index (χ1v) is 6.06. The van der Waals surface area contributed by atoms with Gasteiger partial charge in [0.25, 0.3) is 0 Å². The molecule has 88 valence electrons. The maximum atomic E-state index is 2.36. The maximum absolute atomic E-state index is 2.36. The maximum Gasteiger partial charge on any atom is 2.00 e. The van der Waals surface area contributed by atoms with E-state index in [2.05, 4.69) is 59.7 Å². The van der Waals surface area contributed by atoms with Crippen LogP contribution in [-0.4, -0.2) is 37.7 Å². The van der Waals surface area contributed by atoms with E-state index in [9.17, 15) is 0 Å². The van der Waals surface area contributed by atoms with Gasteiger partial charge in [-0.05, 0) is 34.4 Å². The van der Waals surface area contributed by atoms with Gasteiger partial charge in [-0.15, -0.1) is 0 Å². The molecule has 0 N–H and O–H groups in total. The van der Waals surface area contributed by atoms with Gasteiger partial charge in [-0.1, -0.05) is 59.7 Å². The third-order valence-corrected chi connectivity index (χ3v) is 3.00. The Kier molecular flexibility index (Phi) is 7.25. The largest absolute Gasteiger partial charge is 2.00 e. The summed E-state index contributed by atoms with van der Waals surface area (Å²) in [7, 11) is 0. The Bertz CT molecular complexity index is 269. The van der Waals surface area contributed by atoms with E-state index in [0.717, 1.165) is 0 Å². The third-order valence-electron chi connectivity index (χ3n) is 3.00. The van der Waals surface area contributed by atoms with E-state index in [0.29, 0.717) is 17.8 Å². The predicted molar refractivity (Wildman–Crippen MR) is 76.7 cm³/mol. The average molecular weight is 246 g/mol. The fraction of sp³-hybridized carbons (Fsp3) is 0.600. The molecule has 0 heterocycles. The van der Waals surface area contributed by atoms with Crippen LogP contribution in [0.4, 0.5) is 0 Å². The Morgan fingerprint density at radius 1 is 0.625 bits per heavy atom. The van der Waals surface area contributed by atoms with E-state index in [-0.39, 0.29) is 40.6 Å². The van der Waals surface area contributed by atoms with Gasteiger partial charge in [0.1, 0.15) is 0 Å². The van der Waals surface area contributed by atoms with Crippen molar-refractivity contribution in [2.45, 2.75) is 59.3 Å². The molecule has 1 aromatic rings. The van der Waals surface area contributed by atoms with Crippen molar-refractivity contribution >= 4 is 37.7 Å². The number of rotatable bonds is 3. The fourth-order valence-electron chi connectivity index (χ4n) is 1.70. The van der Waals surface area contributed by atoms with Crippen molar-refractivity contribution in [3.8, 4) is 0 Å². The predicted octanol–water partition coefficient (Wildman–Crippen LogP) is 4.90. The average Bonchev–Trinajstić information content (AvgIpc) is 2.16. The topological polar surface area (TPSA) is 0 Å². The molecule has 1 heteroatoms. The van der Waals surface area contributed by atoms with E-state index in [1.165, 1.54) is 16.7 Å². The second kappa shape index (κ2) is 7.03. The standard InChI is InChI=1S/C15H24.Ca.2H/c1-10(2)13-7-14(11(3)4)9-15(8-13)12(5)6;;;/h7-12H,1-6H3;;;/q;+2;2*-1. The molecule has 0 bridgehead atoms. The molecule has 0 amide bonds. The van der Waals surface area contributed by atoms with E-state index in [4.69, 9.17) is 0 Å². The summed E-state index contributed by atoms with van der Waals surface area (Å²) in [5.74, 6) is 1.88. The summed E-state index contributed by atoms with van der Waals surface area (Å²) >= 11 is 0. The van der Waals surface area contributed by atoms with Crippen molar-refractivity contribution in [1.29, 1.82) is 0 Å². The van der Waals surface area contributed by atoms with Gasteiger partial charge in [0.15, 0.2) is 0 Å². The van der Waals surface area contributed by atoms with Crippen molar-refractivity contribution < 1.29 is 2.85 Å². The van der Waals surface area contributed by atoms with Crippen LogP contribution in [-0.2, 0) is 0 Å². The second-order valence-corrected chi connectivity index (χ2v) is 5.40. The van der Waals surface area contributed by atoms with Gasteiger partial charge in [0.2, 0.25) is 0 Å². The number of hydrogen-bond acceptors (Lipinski definition) is 0. The molecule has 0 saturated heterocycles. The molecule has 0 radical (unpaired) electrons. The van der Waals surface area contributed by atoms with Crippen LogP contribution in [0.5, 0.6) is 0 Å². The van der Waals surface area contributed by atoms with Crippen molar-refractivity contribution in [2.75, 3.05) is 0 Å². The van der Waals surface area contributed by atoms with Gasteiger partial charge in [-0.3, -0.25) is 0 Å². The van der Waals surface area contributed by atoms with Crippen LogP contribution in [0.25, 0.3) is 0 Å². The smallest absolute Gasteiger partial charge is 1.00 e. The summed E-state index contributed by atoms with van der Waals surface area (Å²) in [4.78, 5) is 0. The van der Waals surface area contributed by atoms with Gasteiger partial charge < -0.3 is 2.85 Å². The Labute approximate surface area is 134 Å². The van der Waals surface area contributed by atoms with E-state index in [1.807, 2.05) is 0 Å². The first-order chi connectivity index (χ1) is 6.91. The van der Waals surface area contributed by atoms with Gasteiger partial charge in [0, 0.05) is 0 Å². The van der Waals surface area contributed by atoms with E-state index in [1.54, 1.807) is 0 Å². The first kappa shape index (κ1) is 16.5. The zero-order valence-electron chi connectivity index (χ0n) is 13.7. The van der Waals surface area contributed by atoms with Crippen LogP contribution >= 0.6 is 0 Å². The minimum absolute atomic E-state index is 0. The monoisotopic (exact) mass is 246 g/mol. The summed E-state index contributed by atoms with van der Waals surface area (Å²) in [6.07, 6.45) is 0. The van der Waals surface area contributed by atoms with Crippen LogP contribution in [0.1, 0.15) is 78.8 Å². The first-order valence-electron chi connectivity index (χ1n) is 6.06. The van der Waals surface area contributed by atoms with Gasteiger partial charge in [-0.2, -0.15) is 0 Å². The van der Waals surface area contributed by atoms with Gasteiger partial charge >= 0.3 is 37.7 Å². The molecule has 0 aromatic heterocycles. The third kappa shape index (κ3) is 4.39. The fourth-order valence-corrected chi connectivity index (χ4v) is 1.70. The van der Waals surface area contributed by atoms with Crippen LogP contribution in [0.3, 0.4) is 0 Å². The summed E-state index contributed by atoms with van der Waals surface area (Å²) in [5, 5.41) is 0. The normalized spacial score (nSPS) is 11.1. The van der Waals surface area contributed by atoms with Crippen molar-refractivity contribution in [1.82, 2.24) is 0 Å². The minimum Gasteiger partial charge on any atom is -1.00 e. The molecule has 0 unspecified atom stereocenters.